The molecule has 0 bridgehead atoms. The number of halogens is 1. The molecule has 3 nitrogen and oxygen atoms in total. The van der Waals surface area contributed by atoms with Gasteiger partial charge in [-0.25, -0.2) is 4.39 Å². The van der Waals surface area contributed by atoms with Crippen molar-refractivity contribution in [2.24, 2.45) is 0 Å². The first-order chi connectivity index (χ1) is 8.63. The molecule has 0 aromatic heterocycles. The van der Waals surface area contributed by atoms with Gasteiger partial charge in [0, 0.05) is 18.7 Å². The van der Waals surface area contributed by atoms with Crippen LogP contribution in [-0.4, -0.2) is 18.8 Å². The Hall–Kier alpha value is -1.44. The second kappa shape index (κ2) is 5.47. The molecule has 2 rings (SSSR count). The highest BCUT2D eigenvalue weighted by Crippen LogP contribution is 2.19. The molecule has 0 spiro atoms. The summed E-state index contributed by atoms with van der Waals surface area (Å²) in [4.78, 5) is 0. The van der Waals surface area contributed by atoms with Crippen LogP contribution in [0.1, 0.15) is 30.9 Å². The van der Waals surface area contributed by atoms with Crippen LogP contribution in [-0.2, 0) is 11.3 Å². The average molecular weight is 248 g/mol. The van der Waals surface area contributed by atoms with Gasteiger partial charge in [-0.15, -0.1) is 0 Å². The summed E-state index contributed by atoms with van der Waals surface area (Å²) in [6, 6.07) is 6.50. The molecule has 1 heterocycles. The first-order valence-electron chi connectivity index (χ1n) is 6.14. The van der Waals surface area contributed by atoms with Crippen LogP contribution in [0.4, 0.5) is 4.39 Å². The molecule has 0 aliphatic carbocycles. The SMILES string of the molecule is CC1(NCc2ccc(F)c(C#N)c2)CCCOC1. The number of nitrogens with one attached hydrogen (secondary N) is 1. The summed E-state index contributed by atoms with van der Waals surface area (Å²) >= 11 is 0. The molecule has 1 N–H and O–H groups in total. The molecule has 96 valence electrons. The summed E-state index contributed by atoms with van der Waals surface area (Å²) in [6.45, 7) is 4.27. The Morgan fingerprint density at radius 2 is 2.39 bits per heavy atom. The van der Waals surface area contributed by atoms with Crippen LogP contribution in [0.15, 0.2) is 18.2 Å². The molecule has 1 aromatic rings. The molecule has 4 heteroatoms. The second-order valence-electron chi connectivity index (χ2n) is 5.00. The van der Waals surface area contributed by atoms with E-state index < -0.39 is 5.82 Å². The van der Waals surface area contributed by atoms with E-state index in [1.165, 1.54) is 6.07 Å². The number of hydrogen-bond acceptors (Lipinski definition) is 3. The summed E-state index contributed by atoms with van der Waals surface area (Å²) in [5, 5.41) is 12.2. The summed E-state index contributed by atoms with van der Waals surface area (Å²) in [5.41, 5.74) is 0.985. The fourth-order valence-corrected chi connectivity index (χ4v) is 2.16. The number of nitrogens with zero attached hydrogens (tertiary/aromatic N) is 1. The smallest absolute Gasteiger partial charge is 0.140 e. The standard InChI is InChI=1S/C14H17FN2O/c1-14(5-2-6-18-10-14)17-9-11-3-4-13(15)12(7-11)8-16/h3-4,7,17H,2,5-6,9-10H2,1H3. The monoisotopic (exact) mass is 248 g/mol. The summed E-state index contributed by atoms with van der Waals surface area (Å²) in [7, 11) is 0. The van der Waals surface area contributed by atoms with Crippen molar-refractivity contribution >= 4 is 0 Å². The van der Waals surface area contributed by atoms with E-state index in [0.717, 1.165) is 25.0 Å². The maximum Gasteiger partial charge on any atom is 0.140 e. The summed E-state index contributed by atoms with van der Waals surface area (Å²) < 4.78 is 18.6. The van der Waals surface area contributed by atoms with Gasteiger partial charge in [0.25, 0.3) is 0 Å². The highest BCUT2D eigenvalue weighted by Gasteiger charge is 2.26. The zero-order valence-corrected chi connectivity index (χ0v) is 10.5. The molecule has 1 unspecified atom stereocenters. The molecule has 18 heavy (non-hydrogen) atoms. The van der Waals surface area contributed by atoms with Crippen molar-refractivity contribution in [3.05, 3.63) is 35.1 Å². The van der Waals surface area contributed by atoms with Gasteiger partial charge in [-0.05, 0) is 37.5 Å². The highest BCUT2D eigenvalue weighted by molar-refractivity contribution is 5.34. The summed E-state index contributed by atoms with van der Waals surface area (Å²) in [6.07, 6.45) is 2.12. The van der Waals surface area contributed by atoms with E-state index >= 15 is 0 Å². The van der Waals surface area contributed by atoms with E-state index in [1.807, 2.05) is 6.07 Å². The van der Waals surface area contributed by atoms with Crippen molar-refractivity contribution in [2.75, 3.05) is 13.2 Å². The van der Waals surface area contributed by atoms with Crippen LogP contribution in [0.3, 0.4) is 0 Å². The average Bonchev–Trinajstić information content (AvgIpc) is 2.39. The number of benzene rings is 1. The molecule has 0 radical (unpaired) electrons. The Labute approximate surface area is 107 Å². The van der Waals surface area contributed by atoms with Crippen molar-refractivity contribution in [1.82, 2.24) is 5.32 Å². The molecule has 1 saturated heterocycles. The normalized spacial score (nSPS) is 23.6. The van der Waals surface area contributed by atoms with Gasteiger partial charge in [0.05, 0.1) is 12.2 Å². The van der Waals surface area contributed by atoms with Crippen LogP contribution >= 0.6 is 0 Å². The zero-order valence-electron chi connectivity index (χ0n) is 10.5. The van der Waals surface area contributed by atoms with Gasteiger partial charge in [-0.1, -0.05) is 6.07 Å². The van der Waals surface area contributed by atoms with Gasteiger partial charge in [0.1, 0.15) is 11.9 Å². The van der Waals surface area contributed by atoms with E-state index in [-0.39, 0.29) is 11.1 Å². The fraction of sp³-hybridized carbons (Fsp3) is 0.500. The third kappa shape index (κ3) is 3.06. The Bertz CT molecular complexity index is 461. The lowest BCUT2D eigenvalue weighted by Gasteiger charge is -2.34. The Morgan fingerprint density at radius 1 is 1.56 bits per heavy atom. The molecular weight excluding hydrogens is 231 g/mol. The van der Waals surface area contributed by atoms with Crippen molar-refractivity contribution in [1.29, 1.82) is 5.26 Å². The third-order valence-electron chi connectivity index (χ3n) is 3.31. The minimum absolute atomic E-state index is 0.0283. The van der Waals surface area contributed by atoms with E-state index in [2.05, 4.69) is 12.2 Å². The van der Waals surface area contributed by atoms with E-state index in [4.69, 9.17) is 10.00 Å². The molecule has 0 amide bonds. The molecule has 0 saturated carbocycles. The van der Waals surface area contributed by atoms with Crippen LogP contribution in [0, 0.1) is 17.1 Å². The highest BCUT2D eigenvalue weighted by atomic mass is 19.1. The van der Waals surface area contributed by atoms with Crippen molar-refractivity contribution in [2.45, 2.75) is 31.8 Å². The first kappa shape index (κ1) is 13.0. The number of ether oxygens (including phenoxy) is 1. The van der Waals surface area contributed by atoms with Gasteiger partial charge >= 0.3 is 0 Å². The minimum Gasteiger partial charge on any atom is -0.380 e. The van der Waals surface area contributed by atoms with Gasteiger partial charge in [0.15, 0.2) is 0 Å². The Kier molecular flexibility index (Phi) is 3.95. The molecule has 1 fully saturated rings. The van der Waals surface area contributed by atoms with Gasteiger partial charge < -0.3 is 10.1 Å². The largest absolute Gasteiger partial charge is 0.380 e. The van der Waals surface area contributed by atoms with Crippen molar-refractivity contribution in [3.8, 4) is 6.07 Å². The maximum absolute atomic E-state index is 13.2. The van der Waals surface area contributed by atoms with E-state index in [0.29, 0.717) is 13.2 Å². The van der Waals surface area contributed by atoms with Crippen LogP contribution in [0.25, 0.3) is 0 Å². The quantitative estimate of drug-likeness (QED) is 0.893. The summed E-state index contributed by atoms with van der Waals surface area (Å²) in [5.74, 6) is -0.464. The number of hydrogen-bond donors (Lipinski definition) is 1. The van der Waals surface area contributed by atoms with E-state index in [1.54, 1.807) is 12.1 Å². The predicted molar refractivity (Wildman–Crippen MR) is 66.4 cm³/mol. The van der Waals surface area contributed by atoms with Crippen LogP contribution < -0.4 is 5.32 Å². The third-order valence-corrected chi connectivity index (χ3v) is 3.31. The molecule has 1 aliphatic rings. The molecule has 1 aromatic carbocycles. The lowest BCUT2D eigenvalue weighted by molar-refractivity contribution is 0.0278. The first-order valence-corrected chi connectivity index (χ1v) is 6.14. The van der Waals surface area contributed by atoms with Gasteiger partial charge in [0.2, 0.25) is 0 Å². The van der Waals surface area contributed by atoms with E-state index in [9.17, 15) is 4.39 Å². The van der Waals surface area contributed by atoms with Gasteiger partial charge in [-0.3, -0.25) is 0 Å². The molecule has 1 atom stereocenters. The predicted octanol–water partition coefficient (Wildman–Crippen LogP) is 2.36. The fourth-order valence-electron chi connectivity index (χ4n) is 2.16. The molecule has 1 aliphatic heterocycles. The Morgan fingerprint density at radius 3 is 3.06 bits per heavy atom. The Balaban J connectivity index is 2.00. The maximum atomic E-state index is 13.2. The van der Waals surface area contributed by atoms with Crippen molar-refractivity contribution < 1.29 is 9.13 Å². The lowest BCUT2D eigenvalue weighted by atomic mass is 9.94. The topological polar surface area (TPSA) is 45.0 Å². The van der Waals surface area contributed by atoms with Crippen LogP contribution in [0.2, 0.25) is 0 Å². The lowest BCUT2D eigenvalue weighted by Crippen LogP contribution is -2.48. The zero-order chi connectivity index (χ0) is 13.0. The number of rotatable bonds is 3. The molecular formula is C14H17FN2O. The minimum atomic E-state index is -0.464. The van der Waals surface area contributed by atoms with Gasteiger partial charge in [-0.2, -0.15) is 5.26 Å². The second-order valence-corrected chi connectivity index (χ2v) is 5.00. The van der Waals surface area contributed by atoms with Crippen molar-refractivity contribution in [3.63, 3.8) is 0 Å². The number of nitriles is 1. The van der Waals surface area contributed by atoms with Crippen LogP contribution in [0.5, 0.6) is 0 Å².